The van der Waals surface area contributed by atoms with Crippen LogP contribution in [0.5, 0.6) is 0 Å². The van der Waals surface area contributed by atoms with E-state index in [9.17, 15) is 9.59 Å². The zero-order chi connectivity index (χ0) is 15.0. The van der Waals surface area contributed by atoms with Crippen molar-refractivity contribution < 1.29 is 14.3 Å². The first-order valence-corrected chi connectivity index (χ1v) is 7.39. The van der Waals surface area contributed by atoms with Gasteiger partial charge >= 0.3 is 0 Å². The molecule has 2 aliphatic carbocycles. The maximum absolute atomic E-state index is 12.0. The molecule has 4 nitrogen and oxygen atoms in total. The molecule has 0 aromatic carbocycles. The maximum atomic E-state index is 12.0. The summed E-state index contributed by atoms with van der Waals surface area (Å²) in [4.78, 5) is 25.0. The number of hydrogen-bond acceptors (Lipinski definition) is 3. The first-order valence-electron chi connectivity index (χ1n) is 7.39. The quantitative estimate of drug-likeness (QED) is 0.748. The predicted molar refractivity (Wildman–Crippen MR) is 79.1 cm³/mol. The number of imide groups is 1. The summed E-state index contributed by atoms with van der Waals surface area (Å²) >= 11 is 0. The second kappa shape index (κ2) is 5.35. The van der Waals surface area contributed by atoms with Gasteiger partial charge in [0, 0.05) is 24.6 Å². The van der Waals surface area contributed by atoms with Gasteiger partial charge in [-0.2, -0.15) is 0 Å². The zero-order valence-corrected chi connectivity index (χ0v) is 12.3. The summed E-state index contributed by atoms with van der Waals surface area (Å²) in [7, 11) is 1.52. The van der Waals surface area contributed by atoms with Gasteiger partial charge in [-0.15, -0.1) is 0 Å². The Morgan fingerprint density at radius 1 is 1.24 bits per heavy atom. The molecule has 1 heterocycles. The summed E-state index contributed by atoms with van der Waals surface area (Å²) in [6.07, 6.45) is 12.3. The van der Waals surface area contributed by atoms with Crippen molar-refractivity contribution in [2.75, 3.05) is 7.05 Å². The standard InChI is InChI=1S/C17H19NO3/c1-3-11-4-6-12(7-5-11)21-13-8-9-14-15(10-13)17(20)18(2)16(14)19/h4,6-9,11,13H,3,5,10H2,1-2H3. The normalized spacial score (nSPS) is 28.1. The second-order valence-electron chi connectivity index (χ2n) is 5.65. The van der Waals surface area contributed by atoms with Gasteiger partial charge in [0.1, 0.15) is 11.9 Å². The molecule has 0 aromatic rings. The molecule has 21 heavy (non-hydrogen) atoms. The monoisotopic (exact) mass is 285 g/mol. The molecule has 2 atom stereocenters. The smallest absolute Gasteiger partial charge is 0.260 e. The number of amides is 2. The Morgan fingerprint density at radius 2 is 2.05 bits per heavy atom. The molecule has 0 saturated heterocycles. The lowest BCUT2D eigenvalue weighted by Gasteiger charge is -2.22. The highest BCUT2D eigenvalue weighted by Gasteiger charge is 2.37. The third-order valence-electron chi connectivity index (χ3n) is 4.27. The number of ether oxygens (including phenoxy) is 1. The van der Waals surface area contributed by atoms with Gasteiger partial charge in [0.05, 0.1) is 0 Å². The Bertz CT molecular complexity index is 610. The lowest BCUT2D eigenvalue weighted by molar-refractivity contribution is -0.135. The van der Waals surface area contributed by atoms with Gasteiger partial charge in [-0.05, 0) is 43.1 Å². The Morgan fingerprint density at radius 3 is 2.71 bits per heavy atom. The third kappa shape index (κ3) is 2.46. The topological polar surface area (TPSA) is 46.6 Å². The predicted octanol–water partition coefficient (Wildman–Crippen LogP) is 2.50. The molecule has 2 unspecified atom stereocenters. The van der Waals surface area contributed by atoms with Gasteiger partial charge < -0.3 is 4.74 Å². The molecule has 4 heteroatoms. The number of allylic oxidation sites excluding steroid dienone is 3. The number of nitrogens with zero attached hydrogens (tertiary/aromatic N) is 1. The number of hydrogen-bond donors (Lipinski definition) is 0. The molecule has 110 valence electrons. The van der Waals surface area contributed by atoms with Crippen molar-refractivity contribution in [2.45, 2.75) is 32.3 Å². The van der Waals surface area contributed by atoms with Crippen molar-refractivity contribution in [3.05, 3.63) is 47.3 Å². The molecule has 0 saturated carbocycles. The highest BCUT2D eigenvalue weighted by Crippen LogP contribution is 2.31. The first-order chi connectivity index (χ1) is 10.1. The molecule has 0 aromatic heterocycles. The molecule has 3 rings (SSSR count). The van der Waals surface area contributed by atoms with Crippen molar-refractivity contribution in [2.24, 2.45) is 5.92 Å². The van der Waals surface area contributed by atoms with E-state index < -0.39 is 0 Å². The lowest BCUT2D eigenvalue weighted by atomic mass is 9.96. The van der Waals surface area contributed by atoms with E-state index in [0.717, 1.165) is 18.6 Å². The summed E-state index contributed by atoms with van der Waals surface area (Å²) in [5, 5.41) is 0. The highest BCUT2D eigenvalue weighted by atomic mass is 16.5. The van der Waals surface area contributed by atoms with E-state index in [1.807, 2.05) is 12.2 Å². The van der Waals surface area contributed by atoms with Crippen LogP contribution in [0.25, 0.3) is 0 Å². The van der Waals surface area contributed by atoms with Gasteiger partial charge in [-0.3, -0.25) is 14.5 Å². The van der Waals surface area contributed by atoms with Crippen LogP contribution in [0.3, 0.4) is 0 Å². The van der Waals surface area contributed by atoms with E-state index in [4.69, 9.17) is 4.74 Å². The Hall–Kier alpha value is -2.10. The SMILES string of the molecule is CCC1C=CC(OC2C=CC3=C(C2)C(=O)N(C)C3=O)=CC1. The van der Waals surface area contributed by atoms with Crippen molar-refractivity contribution in [3.63, 3.8) is 0 Å². The molecule has 0 radical (unpaired) electrons. The van der Waals surface area contributed by atoms with E-state index >= 15 is 0 Å². The lowest BCUT2D eigenvalue weighted by Crippen LogP contribution is -2.27. The fraction of sp³-hybridized carbons (Fsp3) is 0.412. The summed E-state index contributed by atoms with van der Waals surface area (Å²) in [5.41, 5.74) is 1.09. The molecule has 0 bridgehead atoms. The molecule has 0 spiro atoms. The summed E-state index contributed by atoms with van der Waals surface area (Å²) in [6, 6.07) is 0. The number of rotatable bonds is 3. The average Bonchev–Trinajstić information content (AvgIpc) is 2.73. The molecular formula is C17H19NO3. The van der Waals surface area contributed by atoms with E-state index in [0.29, 0.717) is 23.5 Å². The van der Waals surface area contributed by atoms with Crippen LogP contribution in [0.1, 0.15) is 26.2 Å². The third-order valence-corrected chi connectivity index (χ3v) is 4.27. The molecular weight excluding hydrogens is 266 g/mol. The van der Waals surface area contributed by atoms with Crippen molar-refractivity contribution in [1.82, 2.24) is 4.90 Å². The molecule has 2 amide bonds. The van der Waals surface area contributed by atoms with Crippen LogP contribution >= 0.6 is 0 Å². The highest BCUT2D eigenvalue weighted by molar-refractivity contribution is 6.20. The minimum Gasteiger partial charge on any atom is -0.486 e. The van der Waals surface area contributed by atoms with E-state index in [1.165, 1.54) is 11.9 Å². The van der Waals surface area contributed by atoms with Crippen LogP contribution in [0.15, 0.2) is 47.3 Å². The van der Waals surface area contributed by atoms with Crippen molar-refractivity contribution in [3.8, 4) is 0 Å². The van der Waals surface area contributed by atoms with Crippen LogP contribution in [0.2, 0.25) is 0 Å². The minimum absolute atomic E-state index is 0.180. The summed E-state index contributed by atoms with van der Waals surface area (Å²) < 4.78 is 5.92. The minimum atomic E-state index is -0.215. The summed E-state index contributed by atoms with van der Waals surface area (Å²) in [6.45, 7) is 2.17. The Balaban J connectivity index is 1.67. The number of carbonyl (C=O) groups excluding carboxylic acids is 2. The molecule has 1 aliphatic heterocycles. The molecule has 3 aliphatic rings. The van der Waals surface area contributed by atoms with Gasteiger partial charge in [-0.25, -0.2) is 0 Å². The van der Waals surface area contributed by atoms with Crippen LogP contribution in [0.4, 0.5) is 0 Å². The van der Waals surface area contributed by atoms with E-state index in [2.05, 4.69) is 19.1 Å². The van der Waals surface area contributed by atoms with Gasteiger partial charge in [0.2, 0.25) is 0 Å². The Kier molecular flexibility index (Phi) is 3.53. The molecule has 0 fully saturated rings. The van der Waals surface area contributed by atoms with Crippen LogP contribution in [-0.2, 0) is 14.3 Å². The Labute approximate surface area is 124 Å². The van der Waals surface area contributed by atoms with Crippen LogP contribution < -0.4 is 0 Å². The number of carbonyl (C=O) groups is 2. The van der Waals surface area contributed by atoms with Gasteiger partial charge in [0.15, 0.2) is 0 Å². The second-order valence-corrected chi connectivity index (χ2v) is 5.65. The van der Waals surface area contributed by atoms with Gasteiger partial charge in [0.25, 0.3) is 11.8 Å². The van der Waals surface area contributed by atoms with Crippen molar-refractivity contribution >= 4 is 11.8 Å². The average molecular weight is 285 g/mol. The fourth-order valence-corrected chi connectivity index (χ4v) is 2.85. The van der Waals surface area contributed by atoms with E-state index in [1.54, 1.807) is 6.08 Å². The van der Waals surface area contributed by atoms with Crippen molar-refractivity contribution in [1.29, 1.82) is 0 Å². The first kappa shape index (κ1) is 13.9. The zero-order valence-electron chi connectivity index (χ0n) is 12.3. The summed E-state index contributed by atoms with van der Waals surface area (Å²) in [5.74, 6) is 1.03. The van der Waals surface area contributed by atoms with Gasteiger partial charge in [-0.1, -0.05) is 13.0 Å². The largest absolute Gasteiger partial charge is 0.486 e. The van der Waals surface area contributed by atoms with E-state index in [-0.39, 0.29) is 17.9 Å². The van der Waals surface area contributed by atoms with Crippen LogP contribution in [0, 0.1) is 5.92 Å². The van der Waals surface area contributed by atoms with Crippen LogP contribution in [-0.4, -0.2) is 29.9 Å². The maximum Gasteiger partial charge on any atom is 0.260 e. The number of likely N-dealkylation sites (N-methyl/N-ethyl adjacent to an activating group) is 1. The molecule has 0 N–H and O–H groups in total. The fourth-order valence-electron chi connectivity index (χ4n) is 2.85.